The molecule has 0 atom stereocenters. The summed E-state index contributed by atoms with van der Waals surface area (Å²) in [6, 6.07) is 6.76. The van der Waals surface area contributed by atoms with Crippen LogP contribution in [0.5, 0.6) is 0 Å². The third-order valence-corrected chi connectivity index (χ3v) is 2.27. The monoisotopic (exact) mass is 224 g/mol. The molecular weight excluding hydrogens is 208 g/mol. The summed E-state index contributed by atoms with van der Waals surface area (Å²) < 4.78 is 0. The van der Waals surface area contributed by atoms with E-state index in [-0.39, 0.29) is 17.2 Å². The lowest BCUT2D eigenvalue weighted by Gasteiger charge is -2.04. The molecule has 0 aliphatic rings. The van der Waals surface area contributed by atoms with Gasteiger partial charge in [0.25, 0.3) is 5.69 Å². The number of benzene rings is 1. The molecule has 5 nitrogen and oxygen atoms in total. The van der Waals surface area contributed by atoms with E-state index in [9.17, 15) is 10.1 Å². The van der Waals surface area contributed by atoms with E-state index in [1.54, 1.807) is 18.2 Å². The molecule has 0 aliphatic heterocycles. The molecule has 0 unspecified atom stereocenters. The minimum atomic E-state index is -0.358. The maximum absolute atomic E-state index is 10.7. The van der Waals surface area contributed by atoms with Gasteiger partial charge in [0.1, 0.15) is 0 Å². The van der Waals surface area contributed by atoms with Gasteiger partial charge in [-0.1, -0.05) is 18.2 Å². The van der Waals surface area contributed by atoms with Crippen LogP contribution in [0.25, 0.3) is 0 Å². The second-order valence-electron chi connectivity index (χ2n) is 3.46. The van der Waals surface area contributed by atoms with Gasteiger partial charge in [-0.3, -0.25) is 10.1 Å². The van der Waals surface area contributed by atoms with E-state index < -0.39 is 0 Å². The number of nitrogens with zero attached hydrogens (tertiary/aromatic N) is 1. The quantitative estimate of drug-likeness (QED) is 0.413. The van der Waals surface area contributed by atoms with E-state index in [1.807, 2.05) is 0 Å². The highest BCUT2D eigenvalue weighted by Crippen LogP contribution is 2.17. The number of hydrogen-bond donors (Lipinski definition) is 2. The number of nitro benzene ring substituents is 1. The lowest BCUT2D eigenvalue weighted by Crippen LogP contribution is -2.19. The Hall–Kier alpha value is -1.46. The van der Waals surface area contributed by atoms with Gasteiger partial charge in [0.05, 0.1) is 4.92 Å². The fraction of sp³-hybridized carbons (Fsp3) is 0.455. The standard InChI is InChI=1S/C11H16N2O3/c14-9-3-7-12-8-6-10-4-1-2-5-11(10)13(15)16/h1-2,4-5,12,14H,3,6-9H2. The van der Waals surface area contributed by atoms with Gasteiger partial charge in [-0.2, -0.15) is 0 Å². The second-order valence-corrected chi connectivity index (χ2v) is 3.46. The Labute approximate surface area is 94.3 Å². The summed E-state index contributed by atoms with van der Waals surface area (Å²) in [7, 11) is 0. The Morgan fingerprint density at radius 2 is 2.06 bits per heavy atom. The lowest BCUT2D eigenvalue weighted by atomic mass is 10.1. The maximum Gasteiger partial charge on any atom is 0.272 e. The summed E-state index contributed by atoms with van der Waals surface area (Å²) in [5.74, 6) is 0. The van der Waals surface area contributed by atoms with Crippen LogP contribution < -0.4 is 5.32 Å². The fourth-order valence-corrected chi connectivity index (χ4v) is 1.45. The smallest absolute Gasteiger partial charge is 0.272 e. The molecule has 1 aromatic rings. The van der Waals surface area contributed by atoms with E-state index in [4.69, 9.17) is 5.11 Å². The predicted molar refractivity (Wildman–Crippen MR) is 61.4 cm³/mol. The Morgan fingerprint density at radius 1 is 1.31 bits per heavy atom. The lowest BCUT2D eigenvalue weighted by molar-refractivity contribution is -0.385. The average molecular weight is 224 g/mol. The van der Waals surface area contributed by atoms with Gasteiger partial charge in [-0.25, -0.2) is 0 Å². The molecular formula is C11H16N2O3. The number of para-hydroxylation sites is 1. The van der Waals surface area contributed by atoms with Crippen LogP contribution in [-0.2, 0) is 6.42 Å². The molecule has 0 saturated carbocycles. The Kier molecular flexibility index (Phi) is 5.45. The van der Waals surface area contributed by atoms with E-state index in [0.29, 0.717) is 19.4 Å². The zero-order valence-electron chi connectivity index (χ0n) is 9.06. The van der Waals surface area contributed by atoms with Crippen LogP contribution in [0.3, 0.4) is 0 Å². The molecule has 0 aromatic heterocycles. The Morgan fingerprint density at radius 3 is 2.75 bits per heavy atom. The average Bonchev–Trinajstić information content (AvgIpc) is 2.29. The zero-order valence-corrected chi connectivity index (χ0v) is 9.06. The molecule has 0 radical (unpaired) electrons. The molecule has 0 heterocycles. The summed E-state index contributed by atoms with van der Waals surface area (Å²) in [5.41, 5.74) is 0.912. The molecule has 0 aliphatic carbocycles. The van der Waals surface area contributed by atoms with Crippen LogP contribution >= 0.6 is 0 Å². The number of hydrogen-bond acceptors (Lipinski definition) is 4. The second kappa shape index (κ2) is 6.92. The molecule has 1 rings (SSSR count). The van der Waals surface area contributed by atoms with Gasteiger partial charge < -0.3 is 10.4 Å². The van der Waals surface area contributed by atoms with Crippen molar-refractivity contribution >= 4 is 5.69 Å². The highest BCUT2D eigenvalue weighted by atomic mass is 16.6. The highest BCUT2D eigenvalue weighted by molar-refractivity contribution is 5.39. The molecule has 0 amide bonds. The molecule has 2 N–H and O–H groups in total. The Balaban J connectivity index is 2.44. The highest BCUT2D eigenvalue weighted by Gasteiger charge is 2.10. The fourth-order valence-electron chi connectivity index (χ4n) is 1.45. The largest absolute Gasteiger partial charge is 0.396 e. The zero-order chi connectivity index (χ0) is 11.8. The molecule has 16 heavy (non-hydrogen) atoms. The van der Waals surface area contributed by atoms with Gasteiger partial charge in [0.2, 0.25) is 0 Å². The summed E-state index contributed by atoms with van der Waals surface area (Å²) in [5, 5.41) is 22.4. The van der Waals surface area contributed by atoms with Crippen molar-refractivity contribution in [1.29, 1.82) is 0 Å². The van der Waals surface area contributed by atoms with Crippen molar-refractivity contribution in [3.63, 3.8) is 0 Å². The van der Waals surface area contributed by atoms with Gasteiger partial charge >= 0.3 is 0 Å². The molecule has 0 saturated heterocycles. The van der Waals surface area contributed by atoms with Crippen molar-refractivity contribution in [1.82, 2.24) is 5.32 Å². The van der Waals surface area contributed by atoms with Crippen molar-refractivity contribution in [3.05, 3.63) is 39.9 Å². The topological polar surface area (TPSA) is 75.4 Å². The van der Waals surface area contributed by atoms with Crippen molar-refractivity contribution in [2.24, 2.45) is 0 Å². The van der Waals surface area contributed by atoms with E-state index in [0.717, 1.165) is 12.1 Å². The van der Waals surface area contributed by atoms with E-state index >= 15 is 0 Å². The van der Waals surface area contributed by atoms with Crippen LogP contribution in [-0.4, -0.2) is 29.7 Å². The maximum atomic E-state index is 10.7. The molecule has 0 fully saturated rings. The minimum absolute atomic E-state index is 0.165. The number of nitrogens with one attached hydrogen (secondary N) is 1. The van der Waals surface area contributed by atoms with Crippen molar-refractivity contribution < 1.29 is 10.0 Å². The first-order valence-corrected chi connectivity index (χ1v) is 5.29. The van der Waals surface area contributed by atoms with Crippen molar-refractivity contribution in [2.75, 3.05) is 19.7 Å². The van der Waals surface area contributed by atoms with E-state index in [1.165, 1.54) is 6.07 Å². The number of aliphatic hydroxyl groups excluding tert-OH is 1. The molecule has 5 heteroatoms. The van der Waals surface area contributed by atoms with E-state index in [2.05, 4.69) is 5.32 Å². The van der Waals surface area contributed by atoms with Crippen LogP contribution in [0.15, 0.2) is 24.3 Å². The number of rotatable bonds is 7. The van der Waals surface area contributed by atoms with Crippen LogP contribution in [0.4, 0.5) is 5.69 Å². The third kappa shape index (κ3) is 3.96. The van der Waals surface area contributed by atoms with Crippen molar-refractivity contribution in [3.8, 4) is 0 Å². The Bertz CT molecular complexity index is 342. The summed E-state index contributed by atoms with van der Waals surface area (Å²) in [4.78, 5) is 10.4. The normalized spacial score (nSPS) is 10.3. The summed E-state index contributed by atoms with van der Waals surface area (Å²) >= 11 is 0. The van der Waals surface area contributed by atoms with Crippen LogP contribution in [0, 0.1) is 10.1 Å². The summed E-state index contributed by atoms with van der Waals surface area (Å²) in [6.07, 6.45) is 1.33. The number of nitro groups is 1. The first-order valence-electron chi connectivity index (χ1n) is 5.29. The van der Waals surface area contributed by atoms with Gasteiger partial charge in [0, 0.05) is 18.2 Å². The molecule has 1 aromatic carbocycles. The molecule has 0 bridgehead atoms. The molecule has 88 valence electrons. The van der Waals surface area contributed by atoms with Gasteiger partial charge in [0.15, 0.2) is 0 Å². The molecule has 0 spiro atoms. The van der Waals surface area contributed by atoms with Crippen molar-refractivity contribution in [2.45, 2.75) is 12.8 Å². The number of aliphatic hydroxyl groups is 1. The first kappa shape index (κ1) is 12.6. The SMILES string of the molecule is O=[N+]([O-])c1ccccc1CCNCCCO. The minimum Gasteiger partial charge on any atom is -0.396 e. The first-order chi connectivity index (χ1) is 7.75. The van der Waals surface area contributed by atoms with Crippen LogP contribution in [0.2, 0.25) is 0 Å². The van der Waals surface area contributed by atoms with Gasteiger partial charge in [-0.15, -0.1) is 0 Å². The van der Waals surface area contributed by atoms with Crippen LogP contribution in [0.1, 0.15) is 12.0 Å². The predicted octanol–water partition coefficient (Wildman–Crippen LogP) is 1.11. The third-order valence-electron chi connectivity index (χ3n) is 2.27. The summed E-state index contributed by atoms with van der Waals surface area (Å²) in [6.45, 7) is 1.58. The van der Waals surface area contributed by atoms with Gasteiger partial charge in [-0.05, 0) is 25.9 Å².